The predicted molar refractivity (Wildman–Crippen MR) is 93.7 cm³/mol. The van der Waals surface area contributed by atoms with Crippen LogP contribution in [0.15, 0.2) is 83.3 Å². The number of nitrogens with zero attached hydrogens (tertiary/aromatic N) is 1. The van der Waals surface area contributed by atoms with Crippen LogP contribution in [0.4, 0.5) is 5.69 Å². The summed E-state index contributed by atoms with van der Waals surface area (Å²) in [6, 6.07) is 24.4. The Labute approximate surface area is 138 Å². The van der Waals surface area contributed by atoms with Crippen molar-refractivity contribution in [1.82, 2.24) is 0 Å². The van der Waals surface area contributed by atoms with E-state index >= 15 is 0 Å². The molecular formula is C20H13NO3. The monoisotopic (exact) mass is 315 g/mol. The van der Waals surface area contributed by atoms with Gasteiger partial charge in [-0.2, -0.15) is 0 Å². The topological polar surface area (TPSA) is 56.3 Å². The normalized spacial score (nSPS) is 10.8. The van der Waals surface area contributed by atoms with Gasteiger partial charge >= 0.3 is 0 Å². The summed E-state index contributed by atoms with van der Waals surface area (Å²) in [4.78, 5) is 10.4. The Morgan fingerprint density at radius 1 is 0.792 bits per heavy atom. The molecule has 4 rings (SSSR count). The maximum Gasteiger partial charge on any atom is 0.269 e. The highest BCUT2D eigenvalue weighted by molar-refractivity contribution is 5.96. The molecule has 24 heavy (non-hydrogen) atoms. The number of benzene rings is 3. The van der Waals surface area contributed by atoms with Gasteiger partial charge in [0.05, 0.1) is 4.92 Å². The SMILES string of the molecule is O=[N+]([O-])c1ccc(-c2cccc3oc(-c4ccccc4)cc23)cc1. The summed E-state index contributed by atoms with van der Waals surface area (Å²) in [6.07, 6.45) is 0. The average molecular weight is 315 g/mol. The van der Waals surface area contributed by atoms with Gasteiger partial charge in [-0.05, 0) is 35.4 Å². The molecule has 4 heteroatoms. The maximum absolute atomic E-state index is 10.8. The molecule has 0 atom stereocenters. The Morgan fingerprint density at radius 3 is 2.25 bits per heavy atom. The lowest BCUT2D eigenvalue weighted by molar-refractivity contribution is -0.384. The van der Waals surface area contributed by atoms with Crippen molar-refractivity contribution in [1.29, 1.82) is 0 Å². The van der Waals surface area contributed by atoms with Gasteiger partial charge in [-0.3, -0.25) is 10.1 Å². The van der Waals surface area contributed by atoms with E-state index < -0.39 is 4.92 Å². The first-order chi connectivity index (χ1) is 11.7. The predicted octanol–water partition coefficient (Wildman–Crippen LogP) is 5.68. The standard InChI is InChI=1S/C20H13NO3/c22-21(23)16-11-9-14(10-12-16)17-7-4-8-19-18(17)13-20(24-19)15-5-2-1-3-6-15/h1-13H. The van der Waals surface area contributed by atoms with Gasteiger partial charge in [0, 0.05) is 23.1 Å². The van der Waals surface area contributed by atoms with Crippen LogP contribution in [0.25, 0.3) is 33.4 Å². The van der Waals surface area contributed by atoms with E-state index in [9.17, 15) is 10.1 Å². The molecule has 0 spiro atoms. The lowest BCUT2D eigenvalue weighted by atomic mass is 10.0. The molecule has 0 aliphatic heterocycles. The van der Waals surface area contributed by atoms with Crippen LogP contribution in [-0.4, -0.2) is 4.92 Å². The van der Waals surface area contributed by atoms with Gasteiger partial charge in [0.15, 0.2) is 0 Å². The third kappa shape index (κ3) is 2.44. The van der Waals surface area contributed by atoms with Crippen LogP contribution in [-0.2, 0) is 0 Å². The molecule has 0 saturated carbocycles. The van der Waals surface area contributed by atoms with Crippen molar-refractivity contribution in [2.75, 3.05) is 0 Å². The minimum atomic E-state index is -0.393. The lowest BCUT2D eigenvalue weighted by Gasteiger charge is -2.02. The number of fused-ring (bicyclic) bond motifs is 1. The highest BCUT2D eigenvalue weighted by Crippen LogP contribution is 2.35. The van der Waals surface area contributed by atoms with E-state index in [1.54, 1.807) is 12.1 Å². The van der Waals surface area contributed by atoms with E-state index in [4.69, 9.17) is 4.42 Å². The quantitative estimate of drug-likeness (QED) is 0.361. The van der Waals surface area contributed by atoms with E-state index in [0.29, 0.717) is 0 Å². The van der Waals surface area contributed by atoms with E-state index in [1.165, 1.54) is 12.1 Å². The largest absolute Gasteiger partial charge is 0.456 e. The maximum atomic E-state index is 10.8. The lowest BCUT2D eigenvalue weighted by Crippen LogP contribution is -1.87. The Balaban J connectivity index is 1.84. The van der Waals surface area contributed by atoms with Gasteiger partial charge in [0.1, 0.15) is 11.3 Å². The molecule has 0 fully saturated rings. The number of non-ortho nitro benzene ring substituents is 1. The summed E-state index contributed by atoms with van der Waals surface area (Å²) in [5.41, 5.74) is 3.82. The van der Waals surface area contributed by atoms with E-state index in [0.717, 1.165) is 33.4 Å². The van der Waals surface area contributed by atoms with Crippen molar-refractivity contribution in [2.24, 2.45) is 0 Å². The minimum absolute atomic E-state index is 0.0862. The highest BCUT2D eigenvalue weighted by atomic mass is 16.6. The number of nitro groups is 1. The second kappa shape index (κ2) is 5.66. The van der Waals surface area contributed by atoms with Crippen molar-refractivity contribution in [3.63, 3.8) is 0 Å². The molecule has 0 unspecified atom stereocenters. The zero-order valence-electron chi connectivity index (χ0n) is 12.7. The first kappa shape index (κ1) is 14.2. The molecule has 0 saturated heterocycles. The zero-order valence-corrected chi connectivity index (χ0v) is 12.7. The first-order valence-corrected chi connectivity index (χ1v) is 7.55. The summed E-state index contributed by atoms with van der Waals surface area (Å²) in [5, 5.41) is 11.8. The molecule has 4 nitrogen and oxygen atoms in total. The smallest absolute Gasteiger partial charge is 0.269 e. The molecule has 0 amide bonds. The van der Waals surface area contributed by atoms with Crippen molar-refractivity contribution in [3.8, 4) is 22.5 Å². The second-order valence-electron chi connectivity index (χ2n) is 5.50. The fourth-order valence-electron chi connectivity index (χ4n) is 2.82. The summed E-state index contributed by atoms with van der Waals surface area (Å²) in [6.45, 7) is 0. The molecule has 1 aromatic heterocycles. The third-order valence-electron chi connectivity index (χ3n) is 4.01. The molecule has 0 aliphatic rings. The number of rotatable bonds is 3. The fraction of sp³-hybridized carbons (Fsp3) is 0. The number of furan rings is 1. The molecule has 3 aromatic carbocycles. The molecule has 0 N–H and O–H groups in total. The molecule has 116 valence electrons. The van der Waals surface area contributed by atoms with Crippen molar-refractivity contribution in [3.05, 3.63) is 89.0 Å². The van der Waals surface area contributed by atoms with Gasteiger partial charge in [-0.1, -0.05) is 42.5 Å². The Bertz CT molecular complexity index is 1020. The van der Waals surface area contributed by atoms with Gasteiger partial charge < -0.3 is 4.42 Å². The number of hydrogen-bond acceptors (Lipinski definition) is 3. The highest BCUT2D eigenvalue weighted by Gasteiger charge is 2.12. The molecule has 0 bridgehead atoms. The molecular weight excluding hydrogens is 302 g/mol. The Morgan fingerprint density at radius 2 is 1.54 bits per heavy atom. The van der Waals surface area contributed by atoms with Crippen LogP contribution in [0, 0.1) is 10.1 Å². The Hall–Kier alpha value is -3.40. The van der Waals surface area contributed by atoms with Gasteiger partial charge in [0.2, 0.25) is 0 Å². The molecule has 0 radical (unpaired) electrons. The van der Waals surface area contributed by atoms with Crippen LogP contribution >= 0.6 is 0 Å². The van der Waals surface area contributed by atoms with Crippen molar-refractivity contribution < 1.29 is 9.34 Å². The molecule has 1 heterocycles. The van der Waals surface area contributed by atoms with Crippen LogP contribution in [0.1, 0.15) is 0 Å². The summed E-state index contributed by atoms with van der Waals surface area (Å²) in [5.74, 6) is 0.806. The minimum Gasteiger partial charge on any atom is -0.456 e. The first-order valence-electron chi connectivity index (χ1n) is 7.55. The second-order valence-corrected chi connectivity index (χ2v) is 5.50. The third-order valence-corrected chi connectivity index (χ3v) is 4.01. The van der Waals surface area contributed by atoms with Gasteiger partial charge in [0.25, 0.3) is 5.69 Å². The number of nitro benzene ring substituents is 1. The molecule has 0 aliphatic carbocycles. The zero-order chi connectivity index (χ0) is 16.5. The molecule has 4 aromatic rings. The summed E-state index contributed by atoms with van der Waals surface area (Å²) >= 11 is 0. The van der Waals surface area contributed by atoms with Crippen LogP contribution in [0.2, 0.25) is 0 Å². The van der Waals surface area contributed by atoms with Crippen molar-refractivity contribution in [2.45, 2.75) is 0 Å². The van der Waals surface area contributed by atoms with Gasteiger partial charge in [-0.25, -0.2) is 0 Å². The average Bonchev–Trinajstić information content (AvgIpc) is 3.07. The van der Waals surface area contributed by atoms with E-state index in [2.05, 4.69) is 0 Å². The Kier molecular flexibility index (Phi) is 3.35. The number of hydrogen-bond donors (Lipinski definition) is 0. The van der Waals surface area contributed by atoms with Crippen LogP contribution in [0.5, 0.6) is 0 Å². The van der Waals surface area contributed by atoms with Crippen LogP contribution < -0.4 is 0 Å². The van der Waals surface area contributed by atoms with Gasteiger partial charge in [-0.15, -0.1) is 0 Å². The summed E-state index contributed by atoms with van der Waals surface area (Å²) < 4.78 is 5.97. The fourth-order valence-corrected chi connectivity index (χ4v) is 2.82. The summed E-state index contributed by atoms with van der Waals surface area (Å²) in [7, 11) is 0. The van der Waals surface area contributed by atoms with Crippen molar-refractivity contribution >= 4 is 16.7 Å². The van der Waals surface area contributed by atoms with E-state index in [-0.39, 0.29) is 5.69 Å². The van der Waals surface area contributed by atoms with E-state index in [1.807, 2.05) is 54.6 Å². The van der Waals surface area contributed by atoms with Crippen LogP contribution in [0.3, 0.4) is 0 Å².